The first kappa shape index (κ1) is 11.7. The van der Waals surface area contributed by atoms with E-state index < -0.39 is 11.7 Å². The number of halogens is 3. The van der Waals surface area contributed by atoms with E-state index in [1.54, 1.807) is 0 Å². The van der Waals surface area contributed by atoms with Gasteiger partial charge in [0, 0.05) is 16.5 Å². The second-order valence-electron chi connectivity index (χ2n) is 3.34. The smallest absolute Gasteiger partial charge is 0.166 e. The highest BCUT2D eigenvalue weighted by Gasteiger charge is 2.29. The Morgan fingerprint density at radius 3 is 2.06 bits per heavy atom. The number of hydrogen-bond donors (Lipinski definition) is 0. The Morgan fingerprint density at radius 2 is 1.53 bits per heavy atom. The molecule has 4 heteroatoms. The lowest BCUT2D eigenvalue weighted by Crippen LogP contribution is -2.04. The van der Waals surface area contributed by atoms with E-state index in [0.29, 0.717) is 5.56 Å². The normalized spacial score (nSPS) is 10.8. The van der Waals surface area contributed by atoms with Crippen molar-refractivity contribution in [1.82, 2.24) is 0 Å². The molecule has 0 atom stereocenters. The average Bonchev–Trinajstić information content (AvgIpc) is 2.78. The van der Waals surface area contributed by atoms with Crippen molar-refractivity contribution >= 4 is 11.3 Å². The molecule has 2 aromatic rings. The van der Waals surface area contributed by atoms with Crippen LogP contribution in [0.4, 0.5) is 13.2 Å². The van der Waals surface area contributed by atoms with E-state index >= 15 is 0 Å². The third-order valence-electron chi connectivity index (χ3n) is 2.08. The first-order valence-electron chi connectivity index (χ1n) is 4.77. The zero-order chi connectivity index (χ0) is 12.3. The summed E-state index contributed by atoms with van der Waals surface area (Å²) in [5, 5.41) is 3.79. The average molecular weight is 252 g/mol. The van der Waals surface area contributed by atoms with Gasteiger partial charge in [0.25, 0.3) is 0 Å². The second kappa shape index (κ2) is 4.64. The van der Waals surface area contributed by atoms with Gasteiger partial charge in [-0.1, -0.05) is 11.8 Å². The fourth-order valence-corrected chi connectivity index (χ4v) is 1.81. The first-order chi connectivity index (χ1) is 8.05. The number of alkyl halides is 3. The molecule has 2 rings (SSSR count). The summed E-state index contributed by atoms with van der Waals surface area (Å²) in [6, 6.07) is 6.70. The van der Waals surface area contributed by atoms with Gasteiger partial charge < -0.3 is 0 Å². The topological polar surface area (TPSA) is 0 Å². The van der Waals surface area contributed by atoms with Crippen molar-refractivity contribution in [1.29, 1.82) is 0 Å². The largest absolute Gasteiger partial charge is 0.416 e. The maximum absolute atomic E-state index is 12.3. The zero-order valence-electron chi connectivity index (χ0n) is 8.58. The van der Waals surface area contributed by atoms with E-state index in [1.165, 1.54) is 23.5 Å². The molecule has 0 radical (unpaired) electrons. The molecule has 0 amide bonds. The Bertz CT molecular complexity index is 539. The third-order valence-corrected chi connectivity index (χ3v) is 2.77. The Labute approximate surface area is 101 Å². The van der Waals surface area contributed by atoms with Gasteiger partial charge in [-0.25, -0.2) is 0 Å². The van der Waals surface area contributed by atoms with E-state index in [1.807, 2.05) is 16.8 Å². The van der Waals surface area contributed by atoms with Gasteiger partial charge in [-0.3, -0.25) is 0 Å². The lowest BCUT2D eigenvalue weighted by atomic mass is 10.1. The Hall–Kier alpha value is -1.73. The van der Waals surface area contributed by atoms with E-state index in [2.05, 4.69) is 11.8 Å². The van der Waals surface area contributed by atoms with Crippen LogP contribution in [0.3, 0.4) is 0 Å². The van der Waals surface area contributed by atoms with E-state index in [4.69, 9.17) is 0 Å². The summed E-state index contributed by atoms with van der Waals surface area (Å²) in [5.41, 5.74) is 0.790. The van der Waals surface area contributed by atoms with Crippen molar-refractivity contribution in [2.75, 3.05) is 0 Å². The lowest BCUT2D eigenvalue weighted by molar-refractivity contribution is -0.137. The summed E-state index contributed by atoms with van der Waals surface area (Å²) in [4.78, 5) is 0. The maximum Gasteiger partial charge on any atom is 0.416 e. The molecule has 0 aliphatic carbocycles. The van der Waals surface area contributed by atoms with E-state index in [9.17, 15) is 13.2 Å². The van der Waals surface area contributed by atoms with Crippen LogP contribution in [0.15, 0.2) is 41.1 Å². The minimum atomic E-state index is -4.29. The lowest BCUT2D eigenvalue weighted by Gasteiger charge is -2.05. The maximum atomic E-state index is 12.3. The van der Waals surface area contributed by atoms with Crippen LogP contribution in [0, 0.1) is 11.8 Å². The van der Waals surface area contributed by atoms with Gasteiger partial charge in [-0.15, -0.1) is 0 Å². The molecule has 0 aliphatic heterocycles. The summed E-state index contributed by atoms with van der Waals surface area (Å²) < 4.78 is 36.9. The summed E-state index contributed by atoms with van der Waals surface area (Å²) in [5.74, 6) is 5.69. The monoisotopic (exact) mass is 252 g/mol. The summed E-state index contributed by atoms with van der Waals surface area (Å²) in [6.45, 7) is 0. The SMILES string of the molecule is FC(F)(F)c1ccc(C#Cc2ccsc2)cc1. The van der Waals surface area contributed by atoms with Crippen LogP contribution in [-0.4, -0.2) is 0 Å². The molecule has 0 saturated heterocycles. The third kappa shape index (κ3) is 3.11. The highest BCUT2D eigenvalue weighted by atomic mass is 32.1. The Balaban J connectivity index is 2.19. The molecule has 0 N–H and O–H groups in total. The molecule has 0 bridgehead atoms. The standard InChI is InChI=1S/C13H7F3S/c14-13(15,16)12-5-3-10(4-6-12)1-2-11-7-8-17-9-11/h3-9H. The molecule has 1 aromatic carbocycles. The van der Waals surface area contributed by atoms with Crippen molar-refractivity contribution < 1.29 is 13.2 Å². The van der Waals surface area contributed by atoms with Gasteiger partial charge in [0.2, 0.25) is 0 Å². The Morgan fingerprint density at radius 1 is 0.882 bits per heavy atom. The number of thiophene rings is 1. The van der Waals surface area contributed by atoms with Gasteiger partial charge in [-0.05, 0) is 35.7 Å². The number of hydrogen-bond acceptors (Lipinski definition) is 1. The molecule has 0 fully saturated rings. The van der Waals surface area contributed by atoms with Crippen molar-refractivity contribution in [3.63, 3.8) is 0 Å². The van der Waals surface area contributed by atoms with Crippen LogP contribution >= 0.6 is 11.3 Å². The molecule has 17 heavy (non-hydrogen) atoms. The molecular formula is C13H7F3S. The molecule has 1 aromatic heterocycles. The van der Waals surface area contributed by atoms with Crippen LogP contribution in [0.1, 0.15) is 16.7 Å². The van der Waals surface area contributed by atoms with Crippen molar-refractivity contribution in [3.05, 3.63) is 57.8 Å². The molecule has 0 unspecified atom stereocenters. The van der Waals surface area contributed by atoms with Crippen LogP contribution in [0.25, 0.3) is 0 Å². The van der Waals surface area contributed by atoms with Crippen molar-refractivity contribution in [2.45, 2.75) is 6.18 Å². The van der Waals surface area contributed by atoms with Crippen molar-refractivity contribution in [2.24, 2.45) is 0 Å². The van der Waals surface area contributed by atoms with Gasteiger partial charge in [-0.2, -0.15) is 24.5 Å². The number of rotatable bonds is 0. The first-order valence-corrected chi connectivity index (χ1v) is 5.71. The van der Waals surface area contributed by atoms with Crippen molar-refractivity contribution in [3.8, 4) is 11.8 Å². The molecule has 86 valence electrons. The van der Waals surface area contributed by atoms with Crippen LogP contribution in [0.2, 0.25) is 0 Å². The molecule has 0 saturated carbocycles. The second-order valence-corrected chi connectivity index (χ2v) is 4.12. The quantitative estimate of drug-likeness (QED) is 0.617. The minimum Gasteiger partial charge on any atom is -0.166 e. The Kier molecular flexibility index (Phi) is 3.21. The molecular weight excluding hydrogens is 245 g/mol. The van der Waals surface area contributed by atoms with Crippen LogP contribution in [0.5, 0.6) is 0 Å². The predicted octanol–water partition coefficient (Wildman–Crippen LogP) is 4.17. The van der Waals surface area contributed by atoms with Gasteiger partial charge >= 0.3 is 6.18 Å². The highest BCUT2D eigenvalue weighted by Crippen LogP contribution is 2.28. The van der Waals surface area contributed by atoms with Gasteiger partial charge in [0.05, 0.1) is 5.56 Å². The van der Waals surface area contributed by atoms with Gasteiger partial charge in [0.15, 0.2) is 0 Å². The molecule has 1 heterocycles. The van der Waals surface area contributed by atoms with E-state index in [0.717, 1.165) is 17.7 Å². The molecule has 0 aliphatic rings. The minimum absolute atomic E-state index is 0.573. The fourth-order valence-electron chi connectivity index (χ4n) is 1.22. The molecule has 0 spiro atoms. The summed E-state index contributed by atoms with van der Waals surface area (Å²) in [7, 11) is 0. The predicted molar refractivity (Wildman–Crippen MR) is 61.7 cm³/mol. The van der Waals surface area contributed by atoms with Crippen LogP contribution < -0.4 is 0 Å². The zero-order valence-corrected chi connectivity index (χ0v) is 9.40. The van der Waals surface area contributed by atoms with E-state index in [-0.39, 0.29) is 0 Å². The summed E-state index contributed by atoms with van der Waals surface area (Å²) >= 11 is 1.53. The number of benzene rings is 1. The fraction of sp³-hybridized carbons (Fsp3) is 0.0769. The summed E-state index contributed by atoms with van der Waals surface area (Å²) in [6.07, 6.45) is -4.29. The van der Waals surface area contributed by atoms with Gasteiger partial charge in [0.1, 0.15) is 0 Å². The highest BCUT2D eigenvalue weighted by molar-refractivity contribution is 7.08. The molecule has 0 nitrogen and oxygen atoms in total. The van der Waals surface area contributed by atoms with Crippen LogP contribution in [-0.2, 0) is 6.18 Å².